The van der Waals surface area contributed by atoms with Crippen LogP contribution < -0.4 is 4.74 Å². The van der Waals surface area contributed by atoms with Crippen LogP contribution in [0.4, 0.5) is 0 Å². The molecule has 23 heteroatoms. The van der Waals surface area contributed by atoms with Crippen LogP contribution in [0, 0.1) is 5.92 Å². The molecule has 3 saturated heterocycles. The fourth-order valence-corrected chi connectivity index (χ4v) is 7.24. The summed E-state index contributed by atoms with van der Waals surface area (Å²) in [5.41, 5.74) is -3.52. The van der Waals surface area contributed by atoms with Crippen LogP contribution in [0.5, 0.6) is 23.0 Å². The topological polar surface area (TPSA) is 339 Å². The maximum Gasteiger partial charge on any atom is 0.342 e. The van der Waals surface area contributed by atoms with Gasteiger partial charge in [-0.2, -0.15) is 0 Å². The number of hydrogen-bond acceptors (Lipinski definition) is 23. The van der Waals surface area contributed by atoms with Gasteiger partial charge in [0.05, 0.1) is 25.4 Å². The maximum atomic E-state index is 14.0. The number of rotatable bonds is 13. The molecule has 0 radical (unpaired) electrons. The summed E-state index contributed by atoms with van der Waals surface area (Å²) >= 11 is 0. The standard InChI is InChI=1S/C40H44O23/c1-4-20-37(56-14-21-36(52)54-12-11-40(20,21)53)63-39-33(62-34(50)18-7-5-9-22(44)26(18)45)32(57-17(3)43)31(25(60-39)15-55-16(2)42)61-35(51)19-8-6-10-23(27(19)46)58-38-30(49)29(48)28(47)24(13-41)59-38/h4-10,14,20,24-25,28-33,37-39,41,44-49,53H,1,11-13,15H2,2-3H3. The number of carbonyl (C=O) groups excluding carboxylic acids is 5. The zero-order valence-corrected chi connectivity index (χ0v) is 33.3. The van der Waals surface area contributed by atoms with Gasteiger partial charge in [-0.15, -0.1) is 6.58 Å². The lowest BCUT2D eigenvalue weighted by Gasteiger charge is -2.48. The molecule has 23 nitrogen and oxygen atoms in total. The molecular formula is C40H44O23. The second kappa shape index (κ2) is 19.1. The maximum absolute atomic E-state index is 14.0. The first-order chi connectivity index (χ1) is 29.9. The van der Waals surface area contributed by atoms with Gasteiger partial charge in [-0.05, 0) is 24.3 Å². The number of aliphatic hydroxyl groups excluding tert-OH is 4. The lowest BCUT2D eigenvalue weighted by Crippen LogP contribution is -2.64. The molecule has 13 unspecified atom stereocenters. The summed E-state index contributed by atoms with van der Waals surface area (Å²) in [6, 6.07) is 6.64. The van der Waals surface area contributed by atoms with Gasteiger partial charge in [0.2, 0.25) is 18.9 Å². The van der Waals surface area contributed by atoms with Crippen molar-refractivity contribution in [3.05, 3.63) is 72.0 Å². The Kier molecular flexibility index (Phi) is 14.1. The molecular weight excluding hydrogens is 848 g/mol. The van der Waals surface area contributed by atoms with E-state index in [2.05, 4.69) is 6.58 Å². The van der Waals surface area contributed by atoms with E-state index < -0.39 is 156 Å². The van der Waals surface area contributed by atoms with E-state index in [1.807, 2.05) is 0 Å². The normalized spacial score (nSPS) is 32.6. The van der Waals surface area contributed by atoms with Gasteiger partial charge >= 0.3 is 29.8 Å². The van der Waals surface area contributed by atoms with Crippen molar-refractivity contribution >= 4 is 29.8 Å². The van der Waals surface area contributed by atoms with Gasteiger partial charge < -0.3 is 88.2 Å². The van der Waals surface area contributed by atoms with Crippen LogP contribution in [0.2, 0.25) is 0 Å². The second-order valence-corrected chi connectivity index (χ2v) is 14.5. The monoisotopic (exact) mass is 892 g/mol. The van der Waals surface area contributed by atoms with Crippen molar-refractivity contribution < 1.29 is 112 Å². The number of carbonyl (C=O) groups is 5. The highest BCUT2D eigenvalue weighted by Crippen LogP contribution is 2.43. The van der Waals surface area contributed by atoms with Crippen LogP contribution in [0.3, 0.4) is 0 Å². The van der Waals surface area contributed by atoms with Crippen LogP contribution in [0.15, 0.2) is 60.9 Å². The van der Waals surface area contributed by atoms with Crippen molar-refractivity contribution in [1.29, 1.82) is 0 Å². The van der Waals surface area contributed by atoms with E-state index in [4.69, 9.17) is 47.4 Å². The molecule has 2 aromatic carbocycles. The van der Waals surface area contributed by atoms with E-state index in [1.165, 1.54) is 18.2 Å². The third kappa shape index (κ3) is 9.50. The van der Waals surface area contributed by atoms with Crippen LogP contribution in [-0.4, -0.2) is 164 Å². The Morgan fingerprint density at radius 1 is 0.810 bits per heavy atom. The van der Waals surface area contributed by atoms with Crippen molar-refractivity contribution in [1.82, 2.24) is 0 Å². The molecule has 8 N–H and O–H groups in total. The Bertz CT molecular complexity index is 2100. The molecule has 342 valence electrons. The Morgan fingerprint density at radius 2 is 1.46 bits per heavy atom. The number of para-hydroxylation sites is 2. The van der Waals surface area contributed by atoms with Gasteiger partial charge in [0, 0.05) is 20.3 Å². The van der Waals surface area contributed by atoms with Gasteiger partial charge in [-0.25, -0.2) is 14.4 Å². The minimum absolute atomic E-state index is 0.143. The average molecular weight is 893 g/mol. The van der Waals surface area contributed by atoms with E-state index in [1.54, 1.807) is 0 Å². The third-order valence-electron chi connectivity index (χ3n) is 10.5. The Balaban J connectivity index is 1.38. The van der Waals surface area contributed by atoms with Crippen LogP contribution >= 0.6 is 0 Å². The summed E-state index contributed by atoms with van der Waals surface area (Å²) in [5, 5.41) is 84.0. The first-order valence-electron chi connectivity index (χ1n) is 19.1. The van der Waals surface area contributed by atoms with Gasteiger partial charge in [0.15, 0.2) is 41.3 Å². The molecule has 0 aliphatic carbocycles. The third-order valence-corrected chi connectivity index (χ3v) is 10.5. The van der Waals surface area contributed by atoms with E-state index in [0.717, 1.165) is 44.4 Å². The van der Waals surface area contributed by atoms with Crippen molar-refractivity contribution in [2.75, 3.05) is 19.8 Å². The predicted molar refractivity (Wildman–Crippen MR) is 200 cm³/mol. The first kappa shape index (κ1) is 46.5. The fourth-order valence-electron chi connectivity index (χ4n) is 7.24. The van der Waals surface area contributed by atoms with Crippen molar-refractivity contribution in [3.63, 3.8) is 0 Å². The van der Waals surface area contributed by atoms with Gasteiger partial charge in [0.1, 0.15) is 59.4 Å². The quantitative estimate of drug-likeness (QED) is 0.0501. The second-order valence-electron chi connectivity index (χ2n) is 14.5. The van der Waals surface area contributed by atoms with Crippen molar-refractivity contribution in [3.8, 4) is 23.0 Å². The molecule has 0 amide bonds. The number of aromatic hydroxyl groups is 3. The fraction of sp³-hybridized carbons (Fsp3) is 0.475. The molecule has 3 fully saturated rings. The zero-order valence-electron chi connectivity index (χ0n) is 33.3. The molecule has 4 aliphatic rings. The summed E-state index contributed by atoms with van der Waals surface area (Å²) in [7, 11) is 0. The molecule has 6 rings (SSSR count). The number of phenols is 3. The Morgan fingerprint density at radius 3 is 2.11 bits per heavy atom. The molecule has 63 heavy (non-hydrogen) atoms. The van der Waals surface area contributed by atoms with Gasteiger partial charge in [0.25, 0.3) is 0 Å². The number of benzene rings is 2. The number of hydrogen-bond donors (Lipinski definition) is 8. The highest BCUT2D eigenvalue weighted by atomic mass is 16.8. The molecule has 4 heterocycles. The van der Waals surface area contributed by atoms with E-state index in [-0.39, 0.29) is 18.6 Å². The minimum Gasteiger partial charge on any atom is -0.504 e. The molecule has 0 bridgehead atoms. The summed E-state index contributed by atoms with van der Waals surface area (Å²) in [5.74, 6) is -10.0. The highest BCUT2D eigenvalue weighted by molar-refractivity contribution is 5.94. The SMILES string of the molecule is C=CC1C(OC2OC(COC(C)=O)C(OC(=O)c3cccc(OC4OC(CO)C(O)C(O)C4O)c3O)C(OC(C)=O)C2OC(=O)c2cccc(O)c2O)OC=C2C(=O)OCCC21O. The van der Waals surface area contributed by atoms with Crippen molar-refractivity contribution in [2.24, 2.45) is 5.92 Å². The van der Waals surface area contributed by atoms with Gasteiger partial charge in [-0.1, -0.05) is 18.2 Å². The summed E-state index contributed by atoms with van der Waals surface area (Å²) < 4.78 is 56.1. The van der Waals surface area contributed by atoms with Crippen molar-refractivity contribution in [2.45, 2.75) is 93.6 Å². The lowest BCUT2D eigenvalue weighted by atomic mass is 9.76. The Labute approximate surface area is 356 Å². The van der Waals surface area contributed by atoms with Crippen LogP contribution in [0.1, 0.15) is 41.0 Å². The number of fused-ring (bicyclic) bond motifs is 1. The summed E-state index contributed by atoms with van der Waals surface area (Å²) in [6.45, 7) is 3.89. The van der Waals surface area contributed by atoms with E-state index in [0.29, 0.717) is 0 Å². The number of cyclic esters (lactones) is 1. The smallest absolute Gasteiger partial charge is 0.342 e. The largest absolute Gasteiger partial charge is 0.504 e. The predicted octanol–water partition coefficient (Wildman–Crippen LogP) is -1.31. The average Bonchev–Trinajstić information content (AvgIpc) is 3.23. The highest BCUT2D eigenvalue weighted by Gasteiger charge is 2.58. The number of aliphatic hydroxyl groups is 5. The number of esters is 5. The van der Waals surface area contributed by atoms with E-state index >= 15 is 0 Å². The van der Waals surface area contributed by atoms with Crippen LogP contribution in [-0.2, 0) is 57.0 Å². The molecule has 0 spiro atoms. The minimum atomic E-state index is -2.05. The first-order valence-corrected chi connectivity index (χ1v) is 19.1. The Hall–Kier alpha value is -6.05. The number of ether oxygens (including phenoxy) is 10. The molecule has 0 saturated carbocycles. The summed E-state index contributed by atoms with van der Waals surface area (Å²) in [6.07, 6.45) is -18.1. The molecule has 0 aromatic heterocycles. The van der Waals surface area contributed by atoms with E-state index in [9.17, 15) is 64.8 Å². The molecule has 4 aliphatic heterocycles. The van der Waals surface area contributed by atoms with Gasteiger partial charge in [-0.3, -0.25) is 9.59 Å². The molecule has 2 aromatic rings. The number of phenolic OH excluding ortho intramolecular Hbond substituents is 3. The summed E-state index contributed by atoms with van der Waals surface area (Å²) in [4.78, 5) is 65.3. The van der Waals surface area contributed by atoms with Crippen LogP contribution in [0.25, 0.3) is 0 Å². The zero-order chi connectivity index (χ0) is 45.9. The lowest BCUT2D eigenvalue weighted by molar-refractivity contribution is -0.343. The molecule has 13 atom stereocenters.